The van der Waals surface area contributed by atoms with Crippen LogP contribution in [0.5, 0.6) is 0 Å². The molecule has 2 heterocycles. The number of rotatable bonds is 7. The SMILES string of the molecule is O=C(CNC(=O)C(=O)NCc1ccco1)Nc1ccc(S(=O)(=O)N2CCCCCC2)cc1. The highest BCUT2D eigenvalue weighted by atomic mass is 32.2. The lowest BCUT2D eigenvalue weighted by Gasteiger charge is -2.20. The average molecular weight is 463 g/mol. The maximum atomic E-state index is 12.8. The van der Waals surface area contributed by atoms with Gasteiger partial charge in [-0.05, 0) is 49.2 Å². The van der Waals surface area contributed by atoms with E-state index in [9.17, 15) is 22.8 Å². The molecule has 3 N–H and O–H groups in total. The summed E-state index contributed by atoms with van der Waals surface area (Å²) in [5, 5.41) is 7.14. The highest BCUT2D eigenvalue weighted by Crippen LogP contribution is 2.21. The minimum atomic E-state index is -3.57. The van der Waals surface area contributed by atoms with Gasteiger partial charge in [-0.15, -0.1) is 0 Å². The van der Waals surface area contributed by atoms with E-state index in [4.69, 9.17) is 4.42 Å². The van der Waals surface area contributed by atoms with Crippen molar-refractivity contribution in [3.8, 4) is 0 Å². The molecule has 10 nitrogen and oxygen atoms in total. The summed E-state index contributed by atoms with van der Waals surface area (Å²) < 4.78 is 32.1. The van der Waals surface area contributed by atoms with E-state index in [0.717, 1.165) is 25.7 Å². The number of hydrogen-bond donors (Lipinski definition) is 3. The van der Waals surface area contributed by atoms with Crippen LogP contribution < -0.4 is 16.0 Å². The third-order valence-electron chi connectivity index (χ3n) is 4.96. The first-order valence-corrected chi connectivity index (χ1v) is 11.8. The molecular formula is C21H26N4O6S. The molecule has 0 aliphatic carbocycles. The smallest absolute Gasteiger partial charge is 0.309 e. The molecule has 3 rings (SSSR count). The molecule has 3 amide bonds. The number of benzene rings is 1. The molecule has 1 aromatic heterocycles. The van der Waals surface area contributed by atoms with Crippen molar-refractivity contribution in [1.29, 1.82) is 0 Å². The zero-order valence-electron chi connectivity index (χ0n) is 17.5. The molecule has 1 aliphatic rings. The number of sulfonamides is 1. The van der Waals surface area contributed by atoms with E-state index >= 15 is 0 Å². The van der Waals surface area contributed by atoms with Crippen molar-refractivity contribution in [3.05, 3.63) is 48.4 Å². The van der Waals surface area contributed by atoms with Crippen LogP contribution in [0, 0.1) is 0 Å². The van der Waals surface area contributed by atoms with Crippen molar-refractivity contribution >= 4 is 33.4 Å². The van der Waals surface area contributed by atoms with Crippen LogP contribution in [-0.2, 0) is 31.0 Å². The Bertz CT molecular complexity index is 1030. The molecule has 0 saturated carbocycles. The van der Waals surface area contributed by atoms with Gasteiger partial charge in [0.2, 0.25) is 15.9 Å². The summed E-state index contributed by atoms with van der Waals surface area (Å²) in [5.74, 6) is -1.91. The summed E-state index contributed by atoms with van der Waals surface area (Å²) in [6.07, 6.45) is 5.20. The minimum absolute atomic E-state index is 0.0537. The molecule has 1 saturated heterocycles. The lowest BCUT2D eigenvalue weighted by molar-refractivity contribution is -0.139. The molecule has 2 aromatic rings. The molecule has 1 fully saturated rings. The highest BCUT2D eigenvalue weighted by Gasteiger charge is 2.25. The summed E-state index contributed by atoms with van der Waals surface area (Å²) in [4.78, 5) is 35.7. The van der Waals surface area contributed by atoms with Gasteiger partial charge < -0.3 is 20.4 Å². The third kappa shape index (κ3) is 6.41. The second-order valence-electron chi connectivity index (χ2n) is 7.34. The normalized spacial score (nSPS) is 14.9. The first-order chi connectivity index (χ1) is 15.4. The predicted octanol–water partition coefficient (Wildman–Crippen LogP) is 1.22. The fourth-order valence-corrected chi connectivity index (χ4v) is 4.77. The molecule has 32 heavy (non-hydrogen) atoms. The number of carbonyl (C=O) groups is 3. The molecular weight excluding hydrogens is 436 g/mol. The van der Waals surface area contributed by atoms with Crippen LogP contribution in [0.3, 0.4) is 0 Å². The quantitative estimate of drug-likeness (QED) is 0.529. The largest absolute Gasteiger partial charge is 0.467 e. The van der Waals surface area contributed by atoms with E-state index in [1.54, 1.807) is 12.1 Å². The van der Waals surface area contributed by atoms with Crippen molar-refractivity contribution in [2.24, 2.45) is 0 Å². The molecule has 11 heteroatoms. The Labute approximate surface area is 186 Å². The summed E-state index contributed by atoms with van der Waals surface area (Å²) >= 11 is 0. The van der Waals surface area contributed by atoms with Crippen molar-refractivity contribution in [1.82, 2.24) is 14.9 Å². The van der Waals surface area contributed by atoms with E-state index < -0.39 is 34.3 Å². The van der Waals surface area contributed by atoms with Gasteiger partial charge in [0, 0.05) is 18.8 Å². The molecule has 0 unspecified atom stereocenters. The molecule has 0 atom stereocenters. The monoisotopic (exact) mass is 462 g/mol. The Morgan fingerprint density at radius 3 is 2.19 bits per heavy atom. The minimum Gasteiger partial charge on any atom is -0.467 e. The number of nitrogens with one attached hydrogen (secondary N) is 3. The van der Waals surface area contributed by atoms with Gasteiger partial charge in [-0.2, -0.15) is 4.31 Å². The molecule has 172 valence electrons. The highest BCUT2D eigenvalue weighted by molar-refractivity contribution is 7.89. The lowest BCUT2D eigenvalue weighted by atomic mass is 10.2. The number of furan rings is 1. The Morgan fingerprint density at radius 1 is 0.906 bits per heavy atom. The van der Waals surface area contributed by atoms with Crippen LogP contribution in [0.2, 0.25) is 0 Å². The van der Waals surface area contributed by atoms with E-state index in [2.05, 4.69) is 16.0 Å². The number of anilines is 1. The number of hydrogen-bond acceptors (Lipinski definition) is 6. The summed E-state index contributed by atoms with van der Waals surface area (Å²) in [6, 6.07) is 9.16. The lowest BCUT2D eigenvalue weighted by Crippen LogP contribution is -2.42. The zero-order valence-corrected chi connectivity index (χ0v) is 18.3. The summed E-state index contributed by atoms with van der Waals surface area (Å²) in [5.41, 5.74) is 0.376. The number of nitrogens with zero attached hydrogens (tertiary/aromatic N) is 1. The van der Waals surface area contributed by atoms with Gasteiger partial charge in [0.25, 0.3) is 0 Å². The van der Waals surface area contributed by atoms with Crippen LogP contribution in [0.1, 0.15) is 31.4 Å². The predicted molar refractivity (Wildman–Crippen MR) is 116 cm³/mol. The van der Waals surface area contributed by atoms with Crippen LogP contribution in [-0.4, -0.2) is 50.1 Å². The topological polar surface area (TPSA) is 138 Å². The van der Waals surface area contributed by atoms with E-state index in [1.165, 1.54) is 34.8 Å². The molecule has 0 bridgehead atoms. The molecule has 1 aliphatic heterocycles. The fourth-order valence-electron chi connectivity index (χ4n) is 3.25. The van der Waals surface area contributed by atoms with Gasteiger partial charge in [-0.25, -0.2) is 8.42 Å². The summed E-state index contributed by atoms with van der Waals surface area (Å²) in [7, 11) is -3.57. The van der Waals surface area contributed by atoms with E-state index in [1.807, 2.05) is 0 Å². The van der Waals surface area contributed by atoms with Crippen molar-refractivity contribution in [3.63, 3.8) is 0 Å². The first kappa shape index (κ1) is 23.5. The standard InChI is InChI=1S/C21H26N4O6S/c26-19(15-23-21(28)20(27)22-14-17-6-5-13-31-17)24-16-7-9-18(10-8-16)32(29,30)25-11-3-1-2-4-12-25/h5-10,13H,1-4,11-12,14-15H2,(H,22,27)(H,23,28)(H,24,26). The molecule has 0 radical (unpaired) electrons. The van der Waals surface area contributed by atoms with Crippen LogP contribution >= 0.6 is 0 Å². The molecule has 1 aromatic carbocycles. The third-order valence-corrected chi connectivity index (χ3v) is 6.87. The zero-order chi connectivity index (χ0) is 23.0. The second kappa shape index (κ2) is 10.9. The fraction of sp³-hybridized carbons (Fsp3) is 0.381. The Balaban J connectivity index is 1.46. The maximum Gasteiger partial charge on any atom is 0.309 e. The van der Waals surface area contributed by atoms with Crippen molar-refractivity contribution < 1.29 is 27.2 Å². The number of amides is 3. The van der Waals surface area contributed by atoms with Gasteiger partial charge >= 0.3 is 11.8 Å². The van der Waals surface area contributed by atoms with Gasteiger partial charge in [0.05, 0.1) is 24.2 Å². The van der Waals surface area contributed by atoms with E-state index in [0.29, 0.717) is 24.5 Å². The average Bonchev–Trinajstić information content (AvgIpc) is 3.15. The number of carbonyl (C=O) groups excluding carboxylic acids is 3. The summed E-state index contributed by atoms with van der Waals surface area (Å²) in [6.45, 7) is 0.657. The van der Waals surface area contributed by atoms with Crippen molar-refractivity contribution in [2.45, 2.75) is 37.1 Å². The van der Waals surface area contributed by atoms with E-state index in [-0.39, 0.29) is 11.4 Å². The maximum absolute atomic E-state index is 12.8. The van der Waals surface area contributed by atoms with Gasteiger partial charge in [-0.3, -0.25) is 14.4 Å². The van der Waals surface area contributed by atoms with Crippen LogP contribution in [0.4, 0.5) is 5.69 Å². The van der Waals surface area contributed by atoms with Gasteiger partial charge in [-0.1, -0.05) is 12.8 Å². The first-order valence-electron chi connectivity index (χ1n) is 10.3. The Morgan fingerprint density at radius 2 is 1.56 bits per heavy atom. The van der Waals surface area contributed by atoms with Crippen LogP contribution in [0.25, 0.3) is 0 Å². The Kier molecular flexibility index (Phi) is 8.01. The Hall–Kier alpha value is -3.18. The molecule has 0 spiro atoms. The van der Waals surface area contributed by atoms with Crippen molar-refractivity contribution in [2.75, 3.05) is 25.0 Å². The second-order valence-corrected chi connectivity index (χ2v) is 9.27. The van der Waals surface area contributed by atoms with Crippen LogP contribution in [0.15, 0.2) is 52.0 Å². The van der Waals surface area contributed by atoms with Gasteiger partial charge in [0.1, 0.15) is 5.76 Å². The van der Waals surface area contributed by atoms with Gasteiger partial charge in [0.15, 0.2) is 0 Å².